The maximum Gasteiger partial charge on any atom is 0.230 e. The first-order valence-corrected chi connectivity index (χ1v) is 8.77. The molecule has 7 heteroatoms. The van der Waals surface area contributed by atoms with Crippen molar-refractivity contribution in [3.05, 3.63) is 46.4 Å². The minimum Gasteiger partial charge on any atom is -0.493 e. The molecule has 0 saturated carbocycles. The highest BCUT2D eigenvalue weighted by atomic mass is 79.9. The van der Waals surface area contributed by atoms with Gasteiger partial charge in [0.2, 0.25) is 5.91 Å². The Hall–Kier alpha value is -2.12. The lowest BCUT2D eigenvalue weighted by atomic mass is 10.1. The Labute approximate surface area is 151 Å². The molecule has 3 rings (SSSR count). The zero-order valence-electron chi connectivity index (χ0n) is 13.1. The smallest absolute Gasteiger partial charge is 0.230 e. The second-order valence-corrected chi connectivity index (χ2v) is 6.90. The summed E-state index contributed by atoms with van der Waals surface area (Å²) in [4.78, 5) is 16.7. The quantitative estimate of drug-likeness (QED) is 0.687. The van der Waals surface area contributed by atoms with Crippen molar-refractivity contribution in [3.63, 3.8) is 0 Å². The van der Waals surface area contributed by atoms with Gasteiger partial charge in [-0.05, 0) is 29.8 Å². The van der Waals surface area contributed by atoms with Crippen molar-refractivity contribution in [2.45, 2.75) is 6.42 Å². The third-order valence-corrected chi connectivity index (χ3v) is 5.13. The third-order valence-electron chi connectivity index (χ3n) is 3.44. The number of thiazole rings is 1. The van der Waals surface area contributed by atoms with Crippen LogP contribution in [0.1, 0.15) is 5.56 Å². The number of amides is 1. The summed E-state index contributed by atoms with van der Waals surface area (Å²) in [5.74, 6) is 1.06. The van der Waals surface area contributed by atoms with E-state index in [0.29, 0.717) is 16.6 Å². The number of halogens is 1. The fourth-order valence-electron chi connectivity index (χ4n) is 2.29. The molecule has 0 aliphatic carbocycles. The highest BCUT2D eigenvalue weighted by molar-refractivity contribution is 9.10. The maximum atomic E-state index is 12.3. The molecule has 0 bridgehead atoms. The predicted octanol–water partition coefficient (Wildman–Crippen LogP) is 4.26. The van der Waals surface area contributed by atoms with Crippen LogP contribution in [0.15, 0.2) is 40.9 Å². The maximum absolute atomic E-state index is 12.3. The Morgan fingerprint density at radius 1 is 1.21 bits per heavy atom. The minimum absolute atomic E-state index is 0.137. The van der Waals surface area contributed by atoms with Gasteiger partial charge >= 0.3 is 0 Å². The fourth-order valence-corrected chi connectivity index (χ4v) is 3.64. The van der Waals surface area contributed by atoms with Gasteiger partial charge < -0.3 is 14.8 Å². The number of para-hydroxylation sites is 1. The van der Waals surface area contributed by atoms with E-state index in [1.54, 1.807) is 26.4 Å². The summed E-state index contributed by atoms with van der Waals surface area (Å²) in [6.07, 6.45) is 0.205. The van der Waals surface area contributed by atoms with E-state index in [1.807, 2.05) is 24.3 Å². The number of hydrogen-bond acceptors (Lipinski definition) is 5. The lowest BCUT2D eigenvalue weighted by Gasteiger charge is -2.11. The summed E-state index contributed by atoms with van der Waals surface area (Å²) in [7, 11) is 3.14. The van der Waals surface area contributed by atoms with Crippen molar-refractivity contribution in [1.29, 1.82) is 0 Å². The van der Waals surface area contributed by atoms with Gasteiger partial charge in [-0.1, -0.05) is 39.4 Å². The number of methoxy groups -OCH3 is 2. The fraction of sp³-hybridized carbons (Fsp3) is 0.176. The van der Waals surface area contributed by atoms with Gasteiger partial charge in [0.15, 0.2) is 16.6 Å². The zero-order valence-corrected chi connectivity index (χ0v) is 15.5. The molecule has 0 radical (unpaired) electrons. The van der Waals surface area contributed by atoms with Crippen LogP contribution >= 0.6 is 27.3 Å². The summed E-state index contributed by atoms with van der Waals surface area (Å²) >= 11 is 4.92. The van der Waals surface area contributed by atoms with Gasteiger partial charge in [0.25, 0.3) is 0 Å². The van der Waals surface area contributed by atoms with Crippen LogP contribution in [0.3, 0.4) is 0 Å². The number of nitrogens with one attached hydrogen (secondary N) is 1. The van der Waals surface area contributed by atoms with Crippen LogP contribution in [0.4, 0.5) is 5.13 Å². The van der Waals surface area contributed by atoms with Gasteiger partial charge in [-0.15, -0.1) is 0 Å². The first kappa shape index (κ1) is 16.7. The molecule has 3 aromatic rings. The first-order valence-electron chi connectivity index (χ1n) is 7.16. The highest BCUT2D eigenvalue weighted by Gasteiger charge is 2.14. The molecule has 0 aliphatic rings. The molecule has 24 heavy (non-hydrogen) atoms. The molecule has 0 fully saturated rings. The normalized spacial score (nSPS) is 10.6. The minimum atomic E-state index is -0.137. The van der Waals surface area contributed by atoms with Crippen molar-refractivity contribution in [2.75, 3.05) is 19.5 Å². The average molecular weight is 407 g/mol. The molecular formula is C17H15BrN2O3S. The lowest BCUT2D eigenvalue weighted by molar-refractivity contribution is -0.115. The number of carbonyl (C=O) groups is 1. The van der Waals surface area contributed by atoms with Crippen LogP contribution in [-0.2, 0) is 11.2 Å². The standard InChI is InChI=1S/C17H15BrN2O3S/c1-22-13-7-10(11(18)9-14(13)23-2)8-16(21)20-17-19-12-5-3-4-6-15(12)24-17/h3-7,9H,8H2,1-2H3,(H,19,20,21). The number of benzene rings is 2. The molecule has 0 aliphatic heterocycles. The van der Waals surface area contributed by atoms with Crippen LogP contribution in [0.2, 0.25) is 0 Å². The number of nitrogens with zero attached hydrogens (tertiary/aromatic N) is 1. The van der Waals surface area contributed by atoms with E-state index in [4.69, 9.17) is 9.47 Å². The van der Waals surface area contributed by atoms with E-state index in [-0.39, 0.29) is 12.3 Å². The summed E-state index contributed by atoms with van der Waals surface area (Å²) in [5, 5.41) is 3.44. The molecule has 0 spiro atoms. The molecule has 0 atom stereocenters. The first-order chi connectivity index (χ1) is 11.6. The molecule has 5 nitrogen and oxygen atoms in total. The lowest BCUT2D eigenvalue weighted by Crippen LogP contribution is -2.14. The number of carbonyl (C=O) groups excluding carboxylic acids is 1. The third kappa shape index (κ3) is 3.52. The van der Waals surface area contributed by atoms with E-state index in [9.17, 15) is 4.79 Å². The van der Waals surface area contributed by atoms with Crippen molar-refractivity contribution in [2.24, 2.45) is 0 Å². The van der Waals surface area contributed by atoms with E-state index in [1.165, 1.54) is 11.3 Å². The summed E-state index contributed by atoms with van der Waals surface area (Å²) in [6.45, 7) is 0. The van der Waals surface area contributed by atoms with Crippen molar-refractivity contribution in [1.82, 2.24) is 4.98 Å². The summed E-state index contributed by atoms with van der Waals surface area (Å²) in [5.41, 5.74) is 1.69. The molecule has 0 unspecified atom stereocenters. The SMILES string of the molecule is COc1cc(Br)c(CC(=O)Nc2nc3ccccc3s2)cc1OC. The molecule has 2 aromatic carbocycles. The molecule has 1 aromatic heterocycles. The number of hydrogen-bond donors (Lipinski definition) is 1. The van der Waals surface area contributed by atoms with Crippen molar-refractivity contribution in [3.8, 4) is 11.5 Å². The molecular weight excluding hydrogens is 392 g/mol. The number of fused-ring (bicyclic) bond motifs is 1. The van der Waals surface area contributed by atoms with E-state index >= 15 is 0 Å². The Morgan fingerprint density at radius 3 is 2.62 bits per heavy atom. The van der Waals surface area contributed by atoms with Gasteiger partial charge in [-0.2, -0.15) is 0 Å². The Bertz CT molecular complexity index is 862. The van der Waals surface area contributed by atoms with Crippen molar-refractivity contribution >= 4 is 48.5 Å². The number of anilines is 1. The van der Waals surface area contributed by atoms with Crippen molar-refractivity contribution < 1.29 is 14.3 Å². The second kappa shape index (κ2) is 7.19. The number of ether oxygens (including phenoxy) is 2. The van der Waals surface area contributed by atoms with E-state index in [2.05, 4.69) is 26.2 Å². The van der Waals surface area contributed by atoms with E-state index in [0.717, 1.165) is 20.3 Å². The van der Waals surface area contributed by atoms with Crippen LogP contribution in [0.5, 0.6) is 11.5 Å². The molecule has 0 saturated heterocycles. The number of aromatic nitrogens is 1. The predicted molar refractivity (Wildman–Crippen MR) is 99.2 cm³/mol. The highest BCUT2D eigenvalue weighted by Crippen LogP contribution is 2.33. The summed E-state index contributed by atoms with van der Waals surface area (Å²) < 4.78 is 12.4. The van der Waals surface area contributed by atoms with Crippen LogP contribution in [-0.4, -0.2) is 25.1 Å². The van der Waals surface area contributed by atoms with Gasteiger partial charge in [0, 0.05) is 4.47 Å². The van der Waals surface area contributed by atoms with Gasteiger partial charge in [0.05, 0.1) is 30.9 Å². The largest absolute Gasteiger partial charge is 0.493 e. The van der Waals surface area contributed by atoms with E-state index < -0.39 is 0 Å². The molecule has 1 heterocycles. The Balaban J connectivity index is 1.77. The van der Waals surface area contributed by atoms with Crippen LogP contribution in [0.25, 0.3) is 10.2 Å². The Kier molecular flexibility index (Phi) is 5.01. The Morgan fingerprint density at radius 2 is 1.92 bits per heavy atom. The zero-order chi connectivity index (χ0) is 17.1. The topological polar surface area (TPSA) is 60.5 Å². The monoisotopic (exact) mass is 406 g/mol. The number of rotatable bonds is 5. The summed E-state index contributed by atoms with van der Waals surface area (Å²) in [6, 6.07) is 11.4. The van der Waals surface area contributed by atoms with Crippen LogP contribution < -0.4 is 14.8 Å². The molecule has 1 amide bonds. The van der Waals surface area contributed by atoms with Gasteiger partial charge in [-0.25, -0.2) is 4.98 Å². The van der Waals surface area contributed by atoms with Gasteiger partial charge in [-0.3, -0.25) is 4.79 Å². The van der Waals surface area contributed by atoms with Crippen LogP contribution in [0, 0.1) is 0 Å². The molecule has 124 valence electrons. The second-order valence-electron chi connectivity index (χ2n) is 5.01. The molecule has 1 N–H and O–H groups in total. The van der Waals surface area contributed by atoms with Gasteiger partial charge in [0.1, 0.15) is 0 Å². The average Bonchev–Trinajstić information content (AvgIpc) is 2.98.